The number of hydrazone groups is 1. The highest BCUT2D eigenvalue weighted by Crippen LogP contribution is 2.33. The van der Waals surface area contributed by atoms with Crippen molar-refractivity contribution in [1.82, 2.24) is 15.2 Å². The molecule has 7 nitrogen and oxygen atoms in total. The summed E-state index contributed by atoms with van der Waals surface area (Å²) >= 11 is 0. The molecule has 182 valence electrons. The van der Waals surface area contributed by atoms with Crippen molar-refractivity contribution in [3.05, 3.63) is 71.0 Å². The fourth-order valence-electron chi connectivity index (χ4n) is 3.74. The summed E-state index contributed by atoms with van der Waals surface area (Å²) in [6.07, 6.45) is 0.377. The van der Waals surface area contributed by atoms with Crippen LogP contribution in [0.4, 0.5) is 9.18 Å². The van der Waals surface area contributed by atoms with E-state index in [1.807, 2.05) is 52.0 Å². The van der Waals surface area contributed by atoms with E-state index in [4.69, 9.17) is 4.74 Å². The Balaban J connectivity index is 1.90. The standard InChI is InChI=1S/C26H33FN4O3/c1-18-10-12-19(13-11-18)23-16-22(20-8-6-7-9-21(20)27)29-31(23)24(32)17-30(14-15-34-5)25(33)28-26(2,3)4/h6-13,23H,14-17H2,1-5H3,(H,28,33). The van der Waals surface area contributed by atoms with Gasteiger partial charge in [-0.25, -0.2) is 14.2 Å². The van der Waals surface area contributed by atoms with Crippen LogP contribution in [0.1, 0.15) is 49.9 Å². The molecule has 1 atom stereocenters. The van der Waals surface area contributed by atoms with E-state index >= 15 is 0 Å². The van der Waals surface area contributed by atoms with Crippen molar-refractivity contribution in [1.29, 1.82) is 0 Å². The molecule has 1 aliphatic rings. The van der Waals surface area contributed by atoms with E-state index in [0.29, 0.717) is 17.7 Å². The molecule has 1 aliphatic heterocycles. The van der Waals surface area contributed by atoms with E-state index < -0.39 is 11.6 Å². The Morgan fingerprint density at radius 3 is 2.47 bits per heavy atom. The zero-order valence-corrected chi connectivity index (χ0v) is 20.5. The number of ether oxygens (including phenoxy) is 1. The lowest BCUT2D eigenvalue weighted by atomic mass is 9.97. The van der Waals surface area contributed by atoms with Gasteiger partial charge in [0.25, 0.3) is 5.91 Å². The Bertz CT molecular complexity index is 1050. The Kier molecular flexibility index (Phi) is 8.04. The van der Waals surface area contributed by atoms with Gasteiger partial charge < -0.3 is 15.0 Å². The first kappa shape index (κ1) is 25.4. The van der Waals surface area contributed by atoms with Crippen LogP contribution in [0, 0.1) is 12.7 Å². The summed E-state index contributed by atoms with van der Waals surface area (Å²) < 4.78 is 19.6. The maximum absolute atomic E-state index is 14.5. The molecule has 1 unspecified atom stereocenters. The van der Waals surface area contributed by atoms with Crippen LogP contribution in [0.25, 0.3) is 0 Å². The normalized spacial score (nSPS) is 15.8. The predicted molar refractivity (Wildman–Crippen MR) is 130 cm³/mol. The quantitative estimate of drug-likeness (QED) is 0.660. The first-order valence-electron chi connectivity index (χ1n) is 11.4. The van der Waals surface area contributed by atoms with Crippen LogP contribution in [0.15, 0.2) is 53.6 Å². The van der Waals surface area contributed by atoms with Gasteiger partial charge in [0.2, 0.25) is 0 Å². The summed E-state index contributed by atoms with van der Waals surface area (Å²) in [4.78, 5) is 27.7. The molecule has 0 saturated carbocycles. The Morgan fingerprint density at radius 1 is 1.18 bits per heavy atom. The first-order chi connectivity index (χ1) is 16.1. The topological polar surface area (TPSA) is 74.2 Å². The molecule has 0 spiro atoms. The molecule has 2 aromatic carbocycles. The van der Waals surface area contributed by atoms with Gasteiger partial charge in [0.1, 0.15) is 12.4 Å². The molecule has 0 bridgehead atoms. The number of nitrogens with zero attached hydrogens (tertiary/aromatic N) is 3. The van der Waals surface area contributed by atoms with Gasteiger partial charge in [0.15, 0.2) is 0 Å². The number of benzene rings is 2. The summed E-state index contributed by atoms with van der Waals surface area (Å²) in [6.45, 7) is 7.97. The van der Waals surface area contributed by atoms with Crippen molar-refractivity contribution in [2.45, 2.75) is 45.7 Å². The third-order valence-electron chi connectivity index (χ3n) is 5.47. The number of methoxy groups -OCH3 is 1. The molecule has 2 aromatic rings. The average molecular weight is 469 g/mol. The van der Waals surface area contributed by atoms with Crippen molar-refractivity contribution in [3.8, 4) is 0 Å². The van der Waals surface area contributed by atoms with Crippen molar-refractivity contribution in [2.24, 2.45) is 5.10 Å². The highest BCUT2D eigenvalue weighted by molar-refractivity contribution is 6.03. The van der Waals surface area contributed by atoms with Crippen LogP contribution >= 0.6 is 0 Å². The van der Waals surface area contributed by atoms with E-state index in [9.17, 15) is 14.0 Å². The lowest BCUT2D eigenvalue weighted by molar-refractivity contribution is -0.133. The minimum absolute atomic E-state index is 0.179. The van der Waals surface area contributed by atoms with E-state index in [-0.39, 0.29) is 37.5 Å². The number of hydrogen-bond donors (Lipinski definition) is 1. The lowest BCUT2D eigenvalue weighted by Crippen LogP contribution is -2.52. The number of hydrogen-bond acceptors (Lipinski definition) is 4. The third-order valence-corrected chi connectivity index (χ3v) is 5.47. The molecule has 1 N–H and O–H groups in total. The summed E-state index contributed by atoms with van der Waals surface area (Å²) in [5, 5.41) is 8.81. The second kappa shape index (κ2) is 10.8. The van der Waals surface area contributed by atoms with Crippen molar-refractivity contribution < 1.29 is 18.7 Å². The highest BCUT2D eigenvalue weighted by atomic mass is 19.1. The van der Waals surface area contributed by atoms with Crippen LogP contribution in [0.5, 0.6) is 0 Å². The fourth-order valence-corrected chi connectivity index (χ4v) is 3.74. The number of urea groups is 1. The maximum atomic E-state index is 14.5. The molecular formula is C26H33FN4O3. The van der Waals surface area contributed by atoms with Gasteiger partial charge in [0.05, 0.1) is 18.4 Å². The number of nitrogens with one attached hydrogen (secondary N) is 1. The Labute approximate surface area is 200 Å². The highest BCUT2D eigenvalue weighted by Gasteiger charge is 2.35. The van der Waals surface area contributed by atoms with Gasteiger partial charge in [-0.3, -0.25) is 4.79 Å². The molecule has 3 amide bonds. The van der Waals surface area contributed by atoms with Crippen LogP contribution < -0.4 is 5.32 Å². The SMILES string of the molecule is COCCN(CC(=O)N1N=C(c2ccccc2F)CC1c1ccc(C)cc1)C(=O)NC(C)(C)C. The molecule has 8 heteroatoms. The van der Waals surface area contributed by atoms with Crippen molar-refractivity contribution >= 4 is 17.6 Å². The summed E-state index contributed by atoms with van der Waals surface area (Å²) in [7, 11) is 1.54. The smallest absolute Gasteiger partial charge is 0.318 e. The van der Waals surface area contributed by atoms with E-state index in [0.717, 1.165) is 11.1 Å². The molecule has 0 radical (unpaired) electrons. The van der Waals surface area contributed by atoms with Gasteiger partial charge >= 0.3 is 6.03 Å². The number of rotatable bonds is 7. The van der Waals surface area contributed by atoms with Crippen molar-refractivity contribution in [2.75, 3.05) is 26.8 Å². The molecule has 3 rings (SSSR count). The zero-order valence-electron chi connectivity index (χ0n) is 20.5. The molecule has 0 aliphatic carbocycles. The van der Waals surface area contributed by atoms with E-state index in [2.05, 4.69) is 10.4 Å². The first-order valence-corrected chi connectivity index (χ1v) is 11.4. The van der Waals surface area contributed by atoms with Crippen molar-refractivity contribution in [3.63, 3.8) is 0 Å². The van der Waals surface area contributed by atoms with Gasteiger partial charge in [-0.05, 0) is 39.3 Å². The molecule has 0 aromatic heterocycles. The Morgan fingerprint density at radius 2 is 1.85 bits per heavy atom. The average Bonchev–Trinajstić information content (AvgIpc) is 3.21. The third kappa shape index (κ3) is 6.41. The van der Waals surface area contributed by atoms with E-state index in [1.54, 1.807) is 25.3 Å². The van der Waals surface area contributed by atoms with Crippen LogP contribution in [-0.2, 0) is 9.53 Å². The largest absolute Gasteiger partial charge is 0.383 e. The number of amides is 3. The van der Waals surface area contributed by atoms with E-state index in [1.165, 1.54) is 16.0 Å². The molecule has 1 heterocycles. The van der Waals surface area contributed by atoms with Crippen LogP contribution in [0.3, 0.4) is 0 Å². The fraction of sp³-hybridized carbons (Fsp3) is 0.423. The monoisotopic (exact) mass is 468 g/mol. The Hall–Kier alpha value is -3.26. The minimum Gasteiger partial charge on any atom is -0.383 e. The number of carbonyl (C=O) groups is 2. The van der Waals surface area contributed by atoms with Gasteiger partial charge in [-0.1, -0.05) is 48.0 Å². The second-order valence-corrected chi connectivity index (χ2v) is 9.49. The molecule has 34 heavy (non-hydrogen) atoms. The maximum Gasteiger partial charge on any atom is 0.318 e. The summed E-state index contributed by atoms with van der Waals surface area (Å²) in [5.74, 6) is -0.735. The number of carbonyl (C=O) groups excluding carboxylic acids is 2. The summed E-state index contributed by atoms with van der Waals surface area (Å²) in [5.41, 5.74) is 2.41. The second-order valence-electron chi connectivity index (χ2n) is 9.49. The zero-order chi connectivity index (χ0) is 24.9. The number of aryl methyl sites for hydroxylation is 1. The molecule has 0 saturated heterocycles. The van der Waals surface area contributed by atoms with Gasteiger partial charge in [0, 0.05) is 31.2 Å². The predicted octanol–water partition coefficient (Wildman–Crippen LogP) is 4.27. The minimum atomic E-state index is -0.459. The van der Waals surface area contributed by atoms with Gasteiger partial charge in [-0.15, -0.1) is 0 Å². The number of halogens is 1. The molecular weight excluding hydrogens is 435 g/mol. The van der Waals surface area contributed by atoms with Crippen LogP contribution in [-0.4, -0.2) is 59.9 Å². The summed E-state index contributed by atoms with van der Waals surface area (Å²) in [6, 6.07) is 13.5. The lowest BCUT2D eigenvalue weighted by Gasteiger charge is -2.30. The van der Waals surface area contributed by atoms with Gasteiger partial charge in [-0.2, -0.15) is 5.10 Å². The molecule has 0 fully saturated rings. The van der Waals surface area contributed by atoms with Crippen LogP contribution in [0.2, 0.25) is 0 Å².